The topological polar surface area (TPSA) is 9.23 Å². The van der Waals surface area contributed by atoms with Crippen LogP contribution < -0.4 is 0 Å². The van der Waals surface area contributed by atoms with E-state index in [-0.39, 0.29) is 6.10 Å². The van der Waals surface area contributed by atoms with E-state index in [4.69, 9.17) is 16.3 Å². The van der Waals surface area contributed by atoms with Crippen molar-refractivity contribution in [2.24, 2.45) is 0 Å². The quantitative estimate of drug-likeness (QED) is 0.735. The summed E-state index contributed by atoms with van der Waals surface area (Å²) in [6, 6.07) is 7.75. The van der Waals surface area contributed by atoms with Gasteiger partial charge < -0.3 is 4.74 Å². The van der Waals surface area contributed by atoms with Crippen molar-refractivity contribution in [3.05, 3.63) is 40.9 Å². The van der Waals surface area contributed by atoms with Crippen LogP contribution in [0.2, 0.25) is 5.02 Å². The maximum atomic E-state index is 5.86. The van der Waals surface area contributed by atoms with Crippen molar-refractivity contribution in [1.29, 1.82) is 0 Å². The molecule has 0 saturated heterocycles. The van der Waals surface area contributed by atoms with E-state index >= 15 is 0 Å². The molecule has 0 spiro atoms. The number of benzene rings is 1. The fraction of sp³-hybridized carbons (Fsp3) is 0.333. The maximum Gasteiger partial charge on any atom is 0.0730 e. The zero-order valence-electron chi connectivity index (χ0n) is 8.53. The molecule has 0 aliphatic carbocycles. The SMILES string of the molecule is CCOC(C)/C=C\c1cccc(Cl)c1. The summed E-state index contributed by atoms with van der Waals surface area (Å²) in [4.78, 5) is 0. The van der Waals surface area contributed by atoms with Crippen molar-refractivity contribution in [2.75, 3.05) is 6.61 Å². The molecule has 0 bridgehead atoms. The first-order valence-corrected chi connectivity index (χ1v) is 5.15. The molecule has 1 unspecified atom stereocenters. The number of halogens is 1. The molecule has 1 aromatic rings. The van der Waals surface area contributed by atoms with Crippen LogP contribution in [0, 0.1) is 0 Å². The molecule has 0 aliphatic heterocycles. The van der Waals surface area contributed by atoms with Crippen LogP contribution in [0.1, 0.15) is 19.4 Å². The summed E-state index contributed by atoms with van der Waals surface area (Å²) >= 11 is 5.86. The molecule has 14 heavy (non-hydrogen) atoms. The number of ether oxygens (including phenoxy) is 1. The van der Waals surface area contributed by atoms with Gasteiger partial charge in [0.25, 0.3) is 0 Å². The standard InChI is InChI=1S/C12H15ClO/c1-3-14-10(2)7-8-11-5-4-6-12(13)9-11/h4-10H,3H2,1-2H3/b8-7-. The van der Waals surface area contributed by atoms with Gasteiger partial charge >= 0.3 is 0 Å². The van der Waals surface area contributed by atoms with Crippen LogP contribution >= 0.6 is 11.6 Å². The summed E-state index contributed by atoms with van der Waals surface area (Å²) in [7, 11) is 0. The Morgan fingerprint density at radius 3 is 2.93 bits per heavy atom. The van der Waals surface area contributed by atoms with Gasteiger partial charge in [-0.3, -0.25) is 0 Å². The molecule has 1 aromatic carbocycles. The summed E-state index contributed by atoms with van der Waals surface area (Å²) in [5, 5.41) is 0.760. The number of rotatable bonds is 4. The molecule has 0 amide bonds. The molecule has 0 radical (unpaired) electrons. The average Bonchev–Trinajstić information content (AvgIpc) is 2.15. The van der Waals surface area contributed by atoms with E-state index in [1.165, 1.54) is 0 Å². The molecule has 0 aromatic heterocycles. The van der Waals surface area contributed by atoms with Crippen molar-refractivity contribution in [3.63, 3.8) is 0 Å². The molecule has 0 saturated carbocycles. The Labute approximate surface area is 90.3 Å². The molecular formula is C12H15ClO. The smallest absolute Gasteiger partial charge is 0.0730 e. The van der Waals surface area contributed by atoms with Crippen molar-refractivity contribution in [2.45, 2.75) is 20.0 Å². The minimum Gasteiger partial charge on any atom is -0.375 e. The first kappa shape index (κ1) is 11.3. The van der Waals surface area contributed by atoms with Gasteiger partial charge in [0.05, 0.1) is 6.10 Å². The third kappa shape index (κ3) is 3.95. The van der Waals surface area contributed by atoms with Gasteiger partial charge in [-0.05, 0) is 31.5 Å². The van der Waals surface area contributed by atoms with Crippen LogP contribution in [0.25, 0.3) is 6.08 Å². The predicted octanol–water partition coefficient (Wildman–Crippen LogP) is 3.78. The Hall–Kier alpha value is -0.790. The van der Waals surface area contributed by atoms with Crippen LogP contribution in [-0.2, 0) is 4.74 Å². The Morgan fingerprint density at radius 2 is 2.29 bits per heavy atom. The predicted molar refractivity (Wildman–Crippen MR) is 61.6 cm³/mol. The molecule has 76 valence electrons. The van der Waals surface area contributed by atoms with Gasteiger partial charge in [-0.2, -0.15) is 0 Å². The lowest BCUT2D eigenvalue weighted by Crippen LogP contribution is -2.02. The minimum absolute atomic E-state index is 0.152. The van der Waals surface area contributed by atoms with Crippen LogP contribution in [0.15, 0.2) is 30.3 Å². The minimum atomic E-state index is 0.152. The van der Waals surface area contributed by atoms with Crippen LogP contribution in [0.4, 0.5) is 0 Å². The van der Waals surface area contributed by atoms with Gasteiger partial charge in [-0.25, -0.2) is 0 Å². The van der Waals surface area contributed by atoms with Gasteiger partial charge in [0, 0.05) is 11.6 Å². The number of hydrogen-bond donors (Lipinski definition) is 0. The lowest BCUT2D eigenvalue weighted by molar-refractivity contribution is 0.110. The highest BCUT2D eigenvalue weighted by Crippen LogP contribution is 2.12. The summed E-state index contributed by atoms with van der Waals surface area (Å²) < 4.78 is 5.37. The van der Waals surface area contributed by atoms with E-state index in [1.54, 1.807) is 0 Å². The van der Waals surface area contributed by atoms with Gasteiger partial charge in [0.1, 0.15) is 0 Å². The normalized spacial score (nSPS) is 13.4. The van der Waals surface area contributed by atoms with Crippen LogP contribution in [-0.4, -0.2) is 12.7 Å². The second-order valence-electron chi connectivity index (χ2n) is 3.07. The summed E-state index contributed by atoms with van der Waals surface area (Å²) in [5.74, 6) is 0. The lowest BCUT2D eigenvalue weighted by Gasteiger charge is -2.04. The van der Waals surface area contributed by atoms with Gasteiger partial charge in [-0.15, -0.1) is 0 Å². The Morgan fingerprint density at radius 1 is 1.50 bits per heavy atom. The molecule has 0 fully saturated rings. The first-order chi connectivity index (χ1) is 6.72. The molecule has 1 atom stereocenters. The summed E-state index contributed by atoms with van der Waals surface area (Å²) in [5.41, 5.74) is 1.10. The molecule has 0 N–H and O–H groups in total. The summed E-state index contributed by atoms with van der Waals surface area (Å²) in [6.07, 6.45) is 4.19. The molecular weight excluding hydrogens is 196 g/mol. The fourth-order valence-electron chi connectivity index (χ4n) is 1.18. The van der Waals surface area contributed by atoms with E-state index in [9.17, 15) is 0 Å². The molecule has 1 rings (SSSR count). The van der Waals surface area contributed by atoms with E-state index in [2.05, 4.69) is 0 Å². The Bertz CT molecular complexity index is 307. The van der Waals surface area contributed by atoms with E-state index in [0.29, 0.717) is 0 Å². The van der Waals surface area contributed by atoms with E-state index in [0.717, 1.165) is 17.2 Å². The highest BCUT2D eigenvalue weighted by molar-refractivity contribution is 6.30. The molecule has 2 heteroatoms. The van der Waals surface area contributed by atoms with Crippen molar-refractivity contribution in [1.82, 2.24) is 0 Å². The molecule has 0 aliphatic rings. The summed E-state index contributed by atoms with van der Waals surface area (Å²) in [6.45, 7) is 4.75. The van der Waals surface area contributed by atoms with Gasteiger partial charge in [0.15, 0.2) is 0 Å². The largest absolute Gasteiger partial charge is 0.375 e. The van der Waals surface area contributed by atoms with Gasteiger partial charge in [-0.1, -0.05) is 35.9 Å². The Kier molecular flexibility index (Phi) is 4.71. The Balaban J connectivity index is 2.59. The first-order valence-electron chi connectivity index (χ1n) is 4.77. The highest BCUT2D eigenvalue weighted by atomic mass is 35.5. The van der Waals surface area contributed by atoms with Gasteiger partial charge in [0.2, 0.25) is 0 Å². The zero-order chi connectivity index (χ0) is 10.4. The monoisotopic (exact) mass is 210 g/mol. The third-order valence-electron chi connectivity index (χ3n) is 1.84. The zero-order valence-corrected chi connectivity index (χ0v) is 9.29. The van der Waals surface area contributed by atoms with Crippen LogP contribution in [0.5, 0.6) is 0 Å². The number of hydrogen-bond acceptors (Lipinski definition) is 1. The van der Waals surface area contributed by atoms with Crippen molar-refractivity contribution in [3.8, 4) is 0 Å². The van der Waals surface area contributed by atoms with Crippen molar-refractivity contribution >= 4 is 17.7 Å². The van der Waals surface area contributed by atoms with E-state index < -0.39 is 0 Å². The second kappa shape index (κ2) is 5.84. The molecule has 1 nitrogen and oxygen atoms in total. The molecule has 0 heterocycles. The lowest BCUT2D eigenvalue weighted by atomic mass is 10.2. The highest BCUT2D eigenvalue weighted by Gasteiger charge is 1.94. The van der Waals surface area contributed by atoms with Crippen LogP contribution in [0.3, 0.4) is 0 Å². The second-order valence-corrected chi connectivity index (χ2v) is 3.51. The van der Waals surface area contributed by atoms with Crippen molar-refractivity contribution < 1.29 is 4.74 Å². The third-order valence-corrected chi connectivity index (χ3v) is 2.07. The van der Waals surface area contributed by atoms with E-state index in [1.807, 2.05) is 50.3 Å². The average molecular weight is 211 g/mol. The maximum absolute atomic E-state index is 5.86. The fourth-order valence-corrected chi connectivity index (χ4v) is 1.37.